The van der Waals surface area contributed by atoms with Gasteiger partial charge in [-0.05, 0) is 79.6 Å². The highest BCUT2D eigenvalue weighted by Crippen LogP contribution is 2.36. The predicted octanol–water partition coefficient (Wildman–Crippen LogP) is 6.12. The molecule has 2 heterocycles. The van der Waals surface area contributed by atoms with Crippen LogP contribution in [0.5, 0.6) is 0 Å². The van der Waals surface area contributed by atoms with Crippen LogP contribution in [0.1, 0.15) is 51.3 Å². The average molecular weight is 467 g/mol. The van der Waals surface area contributed by atoms with E-state index in [0.29, 0.717) is 17.5 Å². The number of nitrogens with one attached hydrogen (secondary N) is 1. The molecule has 0 bridgehead atoms. The molecule has 1 N–H and O–H groups in total. The van der Waals surface area contributed by atoms with E-state index >= 15 is 0 Å². The Morgan fingerprint density at radius 1 is 1.03 bits per heavy atom. The molecular formula is C29H26N2O4. The van der Waals surface area contributed by atoms with E-state index in [1.807, 2.05) is 74.5 Å². The molecule has 6 nitrogen and oxygen atoms in total. The SMILES string of the molecule is Cc1cccc(C)c1NC(=O)COC(=O)c1c2c(nc3ccccc13)/C(=C/c1ccco1)CCC2. The van der Waals surface area contributed by atoms with Crippen LogP contribution in [0.25, 0.3) is 22.6 Å². The van der Waals surface area contributed by atoms with Crippen LogP contribution in [0, 0.1) is 13.8 Å². The molecule has 0 unspecified atom stereocenters. The van der Waals surface area contributed by atoms with Crippen molar-refractivity contribution in [1.29, 1.82) is 0 Å². The van der Waals surface area contributed by atoms with Gasteiger partial charge in [0.25, 0.3) is 5.91 Å². The molecule has 0 aliphatic heterocycles. The maximum Gasteiger partial charge on any atom is 0.339 e. The number of carbonyl (C=O) groups is 2. The number of furan rings is 1. The molecule has 0 spiro atoms. The molecule has 0 atom stereocenters. The molecule has 4 aromatic rings. The van der Waals surface area contributed by atoms with Crippen molar-refractivity contribution in [3.05, 3.63) is 94.6 Å². The predicted molar refractivity (Wildman–Crippen MR) is 136 cm³/mol. The second-order valence-corrected chi connectivity index (χ2v) is 8.76. The van der Waals surface area contributed by atoms with Crippen molar-refractivity contribution < 1.29 is 18.7 Å². The van der Waals surface area contributed by atoms with Gasteiger partial charge in [-0.25, -0.2) is 9.78 Å². The lowest BCUT2D eigenvalue weighted by molar-refractivity contribution is -0.119. The second-order valence-electron chi connectivity index (χ2n) is 8.76. The fourth-order valence-electron chi connectivity index (χ4n) is 4.64. The Labute approximate surface area is 203 Å². The van der Waals surface area contributed by atoms with Crippen LogP contribution in [0.15, 0.2) is 65.3 Å². The monoisotopic (exact) mass is 466 g/mol. The van der Waals surface area contributed by atoms with E-state index in [4.69, 9.17) is 14.1 Å². The largest absolute Gasteiger partial charge is 0.465 e. The van der Waals surface area contributed by atoms with E-state index in [0.717, 1.165) is 57.6 Å². The van der Waals surface area contributed by atoms with Gasteiger partial charge in [-0.15, -0.1) is 0 Å². The van der Waals surface area contributed by atoms with Crippen molar-refractivity contribution in [3.63, 3.8) is 0 Å². The van der Waals surface area contributed by atoms with Crippen LogP contribution in [0.4, 0.5) is 5.69 Å². The van der Waals surface area contributed by atoms with Crippen molar-refractivity contribution in [1.82, 2.24) is 4.98 Å². The zero-order valence-electron chi connectivity index (χ0n) is 19.8. The van der Waals surface area contributed by atoms with E-state index in [1.54, 1.807) is 6.26 Å². The van der Waals surface area contributed by atoms with Gasteiger partial charge in [0.2, 0.25) is 0 Å². The maximum atomic E-state index is 13.4. The number of carbonyl (C=O) groups excluding carboxylic acids is 2. The number of esters is 1. The highest BCUT2D eigenvalue weighted by Gasteiger charge is 2.26. The summed E-state index contributed by atoms with van der Waals surface area (Å²) in [7, 11) is 0. The number of benzene rings is 2. The number of aryl methyl sites for hydroxylation is 2. The third kappa shape index (κ3) is 4.60. The van der Waals surface area contributed by atoms with E-state index in [2.05, 4.69) is 5.32 Å². The lowest BCUT2D eigenvalue weighted by Gasteiger charge is -2.22. The van der Waals surface area contributed by atoms with Gasteiger partial charge < -0.3 is 14.5 Å². The molecule has 6 heteroatoms. The number of anilines is 1. The van der Waals surface area contributed by atoms with Gasteiger partial charge in [-0.3, -0.25) is 4.79 Å². The molecule has 35 heavy (non-hydrogen) atoms. The lowest BCUT2D eigenvalue weighted by atomic mass is 9.86. The van der Waals surface area contributed by atoms with Crippen molar-refractivity contribution in [2.75, 3.05) is 11.9 Å². The van der Waals surface area contributed by atoms with Gasteiger partial charge in [0.05, 0.1) is 23.0 Å². The summed E-state index contributed by atoms with van der Waals surface area (Å²) in [5.74, 6) is -0.146. The number of fused-ring (bicyclic) bond motifs is 2. The number of allylic oxidation sites excluding steroid dienone is 1. The number of amides is 1. The Hall–Kier alpha value is -4.19. The molecule has 1 aliphatic rings. The number of nitrogens with zero attached hydrogens (tertiary/aromatic N) is 1. The van der Waals surface area contributed by atoms with Crippen LogP contribution in [-0.4, -0.2) is 23.5 Å². The van der Waals surface area contributed by atoms with Crippen LogP contribution in [0.3, 0.4) is 0 Å². The molecule has 1 amide bonds. The van der Waals surface area contributed by atoms with E-state index in [1.165, 1.54) is 0 Å². The topological polar surface area (TPSA) is 81.4 Å². The zero-order valence-corrected chi connectivity index (χ0v) is 19.8. The highest BCUT2D eigenvalue weighted by atomic mass is 16.5. The van der Waals surface area contributed by atoms with Gasteiger partial charge in [-0.2, -0.15) is 0 Å². The molecule has 2 aromatic carbocycles. The normalized spacial score (nSPS) is 14.1. The number of ether oxygens (including phenoxy) is 1. The van der Waals surface area contributed by atoms with Crippen LogP contribution >= 0.6 is 0 Å². The van der Waals surface area contributed by atoms with Crippen molar-refractivity contribution in [2.45, 2.75) is 33.1 Å². The van der Waals surface area contributed by atoms with Gasteiger partial charge in [0, 0.05) is 11.1 Å². The van der Waals surface area contributed by atoms with Crippen molar-refractivity contribution >= 4 is 40.1 Å². The molecule has 5 rings (SSSR count). The standard InChI is InChI=1S/C29H26N2O4/c1-18-8-5-9-19(2)27(18)31-25(32)17-35-29(33)26-22-12-3-4-14-24(22)30-28-20(10-6-13-23(26)28)16-21-11-7-15-34-21/h3-5,7-9,11-12,14-16H,6,10,13,17H2,1-2H3,(H,31,32)/b20-16+. The number of para-hydroxylation sites is 2. The highest BCUT2D eigenvalue weighted by molar-refractivity contribution is 6.07. The smallest absolute Gasteiger partial charge is 0.339 e. The third-order valence-electron chi connectivity index (χ3n) is 6.31. The Morgan fingerprint density at radius 3 is 2.60 bits per heavy atom. The third-order valence-corrected chi connectivity index (χ3v) is 6.31. The van der Waals surface area contributed by atoms with Crippen LogP contribution < -0.4 is 5.32 Å². The van der Waals surface area contributed by atoms with Crippen LogP contribution in [-0.2, 0) is 16.0 Å². The number of pyridine rings is 1. The fraction of sp³-hybridized carbons (Fsp3) is 0.207. The van der Waals surface area contributed by atoms with Gasteiger partial charge in [-0.1, -0.05) is 36.4 Å². The minimum atomic E-state index is -0.518. The summed E-state index contributed by atoms with van der Waals surface area (Å²) in [5, 5.41) is 3.60. The summed E-state index contributed by atoms with van der Waals surface area (Å²) in [5.41, 5.74) is 6.51. The molecule has 0 saturated heterocycles. The van der Waals surface area contributed by atoms with E-state index < -0.39 is 5.97 Å². The maximum absolute atomic E-state index is 13.4. The van der Waals surface area contributed by atoms with Gasteiger partial charge in [0.1, 0.15) is 5.76 Å². The number of hydrogen-bond acceptors (Lipinski definition) is 5. The summed E-state index contributed by atoms with van der Waals surface area (Å²) in [4.78, 5) is 30.9. The van der Waals surface area contributed by atoms with Gasteiger partial charge >= 0.3 is 5.97 Å². The molecule has 0 radical (unpaired) electrons. The van der Waals surface area contributed by atoms with Gasteiger partial charge in [0.15, 0.2) is 6.61 Å². The number of rotatable bonds is 5. The average Bonchev–Trinajstić information content (AvgIpc) is 3.37. The fourth-order valence-corrected chi connectivity index (χ4v) is 4.64. The Balaban J connectivity index is 1.46. The van der Waals surface area contributed by atoms with Crippen molar-refractivity contribution in [3.8, 4) is 0 Å². The number of hydrogen-bond donors (Lipinski definition) is 1. The minimum Gasteiger partial charge on any atom is -0.465 e. The van der Waals surface area contributed by atoms with Crippen LogP contribution in [0.2, 0.25) is 0 Å². The van der Waals surface area contributed by atoms with Crippen molar-refractivity contribution in [2.24, 2.45) is 0 Å². The summed E-state index contributed by atoms with van der Waals surface area (Å²) in [6.45, 7) is 3.49. The summed E-state index contributed by atoms with van der Waals surface area (Å²) >= 11 is 0. The van der Waals surface area contributed by atoms with E-state index in [9.17, 15) is 9.59 Å². The Morgan fingerprint density at radius 2 is 1.83 bits per heavy atom. The molecule has 176 valence electrons. The second kappa shape index (κ2) is 9.58. The van der Waals surface area contributed by atoms with E-state index in [-0.39, 0.29) is 12.5 Å². The first-order valence-corrected chi connectivity index (χ1v) is 11.7. The molecular weight excluding hydrogens is 440 g/mol. The first-order valence-electron chi connectivity index (χ1n) is 11.7. The molecule has 0 saturated carbocycles. The molecule has 0 fully saturated rings. The summed E-state index contributed by atoms with van der Waals surface area (Å²) in [6, 6.07) is 17.1. The first kappa shape index (κ1) is 22.6. The first-order chi connectivity index (χ1) is 17.0. The minimum absolute atomic E-state index is 0.368. The zero-order chi connectivity index (χ0) is 24.4. The quantitative estimate of drug-likeness (QED) is 0.359. The summed E-state index contributed by atoms with van der Waals surface area (Å²) in [6.07, 6.45) is 6.05. The Bertz CT molecular complexity index is 1430. The Kier molecular flexibility index (Phi) is 6.19. The number of aromatic nitrogens is 1. The molecule has 1 aliphatic carbocycles. The summed E-state index contributed by atoms with van der Waals surface area (Å²) < 4.78 is 11.0. The lowest BCUT2D eigenvalue weighted by Crippen LogP contribution is -2.23. The molecule has 2 aromatic heterocycles.